The van der Waals surface area contributed by atoms with Crippen LogP contribution in [0.15, 0.2) is 24.3 Å². The van der Waals surface area contributed by atoms with Crippen molar-refractivity contribution in [3.05, 3.63) is 29.8 Å². The standard InChI is InChI=1S/C23H31N3O4S/c1-14-8-10-17(26(13-14)21(28)30-23(5,6)7)15-9-11-18-16(12-15)24-19(31-18)25-20(27)29-22(2,3)4/h9-12,14H,8,13H2,1-7H3,(H,24,25,27). The van der Waals surface area contributed by atoms with Crippen molar-refractivity contribution >= 4 is 44.6 Å². The summed E-state index contributed by atoms with van der Waals surface area (Å²) in [4.78, 5) is 31.1. The summed E-state index contributed by atoms with van der Waals surface area (Å²) in [7, 11) is 0. The van der Waals surface area contributed by atoms with E-state index in [1.54, 1.807) is 4.90 Å². The Morgan fingerprint density at radius 3 is 2.45 bits per heavy atom. The quantitative estimate of drug-likeness (QED) is 0.590. The van der Waals surface area contributed by atoms with Crippen LogP contribution in [0.2, 0.25) is 0 Å². The summed E-state index contributed by atoms with van der Waals surface area (Å²) in [5, 5.41) is 3.16. The van der Waals surface area contributed by atoms with Crippen LogP contribution in [0.1, 0.15) is 60.5 Å². The van der Waals surface area contributed by atoms with Crippen LogP contribution in [0.3, 0.4) is 0 Å². The minimum Gasteiger partial charge on any atom is -0.444 e. The van der Waals surface area contributed by atoms with Gasteiger partial charge in [0.25, 0.3) is 0 Å². The minimum absolute atomic E-state index is 0.351. The average molecular weight is 446 g/mol. The van der Waals surface area contributed by atoms with Gasteiger partial charge < -0.3 is 9.47 Å². The molecule has 0 spiro atoms. The highest BCUT2D eigenvalue weighted by molar-refractivity contribution is 7.22. The van der Waals surface area contributed by atoms with E-state index in [4.69, 9.17) is 9.47 Å². The van der Waals surface area contributed by atoms with Crippen molar-refractivity contribution in [3.63, 3.8) is 0 Å². The van der Waals surface area contributed by atoms with Crippen LogP contribution in [0.4, 0.5) is 14.7 Å². The van der Waals surface area contributed by atoms with E-state index in [0.29, 0.717) is 17.6 Å². The third-order valence-electron chi connectivity index (χ3n) is 4.40. The molecule has 0 saturated carbocycles. The highest BCUT2D eigenvalue weighted by Gasteiger charge is 2.29. The van der Waals surface area contributed by atoms with Crippen LogP contribution in [-0.2, 0) is 9.47 Å². The first-order valence-corrected chi connectivity index (χ1v) is 11.2. The lowest BCUT2D eigenvalue weighted by Crippen LogP contribution is -2.39. The van der Waals surface area contributed by atoms with Crippen molar-refractivity contribution < 1.29 is 19.1 Å². The Balaban J connectivity index is 1.85. The second-order valence-corrected chi connectivity index (χ2v) is 10.9. The Morgan fingerprint density at radius 2 is 1.81 bits per heavy atom. The maximum atomic E-state index is 12.8. The smallest absolute Gasteiger partial charge is 0.414 e. The van der Waals surface area contributed by atoms with Gasteiger partial charge in [0.2, 0.25) is 0 Å². The predicted octanol–water partition coefficient (Wildman–Crippen LogP) is 6.26. The highest BCUT2D eigenvalue weighted by atomic mass is 32.1. The second-order valence-electron chi connectivity index (χ2n) is 9.85. The van der Waals surface area contributed by atoms with Crippen molar-refractivity contribution in [1.29, 1.82) is 0 Å². The maximum absolute atomic E-state index is 12.8. The van der Waals surface area contributed by atoms with Crippen LogP contribution < -0.4 is 5.32 Å². The van der Waals surface area contributed by atoms with E-state index < -0.39 is 17.3 Å². The van der Waals surface area contributed by atoms with Gasteiger partial charge in [-0.15, -0.1) is 0 Å². The second kappa shape index (κ2) is 8.49. The molecule has 1 aliphatic rings. The number of benzene rings is 1. The molecule has 8 heteroatoms. The van der Waals surface area contributed by atoms with Gasteiger partial charge in [0, 0.05) is 12.1 Å². The molecule has 1 aliphatic heterocycles. The molecule has 1 atom stereocenters. The molecule has 2 heterocycles. The van der Waals surface area contributed by atoms with Gasteiger partial charge in [0.15, 0.2) is 5.13 Å². The number of ether oxygens (including phenoxy) is 2. The molecule has 168 valence electrons. The van der Waals surface area contributed by atoms with Gasteiger partial charge >= 0.3 is 12.2 Å². The number of hydrogen-bond donors (Lipinski definition) is 1. The van der Waals surface area contributed by atoms with E-state index >= 15 is 0 Å². The molecular weight excluding hydrogens is 414 g/mol. The zero-order valence-electron chi connectivity index (χ0n) is 19.2. The summed E-state index contributed by atoms with van der Waals surface area (Å²) in [5.74, 6) is 0.351. The predicted molar refractivity (Wildman–Crippen MR) is 124 cm³/mol. The Labute approximate surface area is 187 Å². The SMILES string of the molecule is CC1CC=C(c2ccc3sc(NC(=O)OC(C)(C)C)nc3c2)N(C(=O)OC(C)(C)C)C1. The average Bonchev–Trinajstić information content (AvgIpc) is 2.99. The Morgan fingerprint density at radius 1 is 1.13 bits per heavy atom. The molecule has 1 aromatic carbocycles. The molecule has 2 aromatic rings. The number of nitrogens with zero attached hydrogens (tertiary/aromatic N) is 2. The largest absolute Gasteiger partial charge is 0.444 e. The zero-order chi connectivity index (χ0) is 23.0. The van der Waals surface area contributed by atoms with Crippen molar-refractivity contribution in [2.45, 2.75) is 66.1 Å². The number of aromatic nitrogens is 1. The van der Waals surface area contributed by atoms with Gasteiger partial charge in [-0.25, -0.2) is 14.6 Å². The molecule has 1 unspecified atom stereocenters. The first-order chi connectivity index (χ1) is 14.3. The fraction of sp³-hybridized carbons (Fsp3) is 0.522. The Bertz CT molecular complexity index is 1010. The van der Waals surface area contributed by atoms with Gasteiger partial charge in [0.1, 0.15) is 11.2 Å². The molecule has 1 N–H and O–H groups in total. The third-order valence-corrected chi connectivity index (χ3v) is 5.36. The van der Waals surface area contributed by atoms with E-state index in [1.807, 2.05) is 59.7 Å². The van der Waals surface area contributed by atoms with Gasteiger partial charge in [-0.2, -0.15) is 0 Å². The Kier molecular flexibility index (Phi) is 6.32. The first kappa shape index (κ1) is 23.1. The highest BCUT2D eigenvalue weighted by Crippen LogP contribution is 2.33. The fourth-order valence-electron chi connectivity index (χ4n) is 3.20. The molecule has 0 radical (unpaired) electrons. The normalized spacial score (nSPS) is 17.3. The molecule has 0 fully saturated rings. The number of anilines is 1. The lowest BCUT2D eigenvalue weighted by atomic mass is 9.98. The van der Waals surface area contributed by atoms with E-state index in [0.717, 1.165) is 27.9 Å². The molecule has 0 bridgehead atoms. The number of carbonyl (C=O) groups excluding carboxylic acids is 2. The van der Waals surface area contributed by atoms with Crippen LogP contribution in [-0.4, -0.2) is 39.8 Å². The summed E-state index contributed by atoms with van der Waals surface area (Å²) in [6.45, 7) is 13.7. The van der Waals surface area contributed by atoms with Crippen LogP contribution in [0.25, 0.3) is 15.9 Å². The van der Waals surface area contributed by atoms with Crippen molar-refractivity contribution in [2.75, 3.05) is 11.9 Å². The summed E-state index contributed by atoms with van der Waals surface area (Å²) in [6.07, 6.45) is 2.07. The van der Waals surface area contributed by atoms with E-state index in [1.165, 1.54) is 11.3 Å². The van der Waals surface area contributed by atoms with E-state index in [-0.39, 0.29) is 6.09 Å². The number of thiazole rings is 1. The third kappa shape index (κ3) is 6.19. The Hall–Kier alpha value is -2.61. The number of carbonyl (C=O) groups is 2. The number of hydrogen-bond acceptors (Lipinski definition) is 6. The number of nitrogens with one attached hydrogen (secondary N) is 1. The van der Waals surface area contributed by atoms with Gasteiger partial charge in [-0.1, -0.05) is 30.4 Å². The van der Waals surface area contributed by atoms with E-state index in [9.17, 15) is 9.59 Å². The maximum Gasteiger partial charge on any atom is 0.414 e. The number of allylic oxidation sites excluding steroid dienone is 1. The van der Waals surface area contributed by atoms with Gasteiger partial charge in [-0.05, 0) is 66.0 Å². The lowest BCUT2D eigenvalue weighted by molar-refractivity contribution is 0.0327. The summed E-state index contributed by atoms with van der Waals surface area (Å²) in [5.41, 5.74) is 1.31. The molecule has 2 amide bonds. The van der Waals surface area contributed by atoms with Crippen molar-refractivity contribution in [1.82, 2.24) is 9.88 Å². The molecular formula is C23H31N3O4S. The molecule has 7 nitrogen and oxygen atoms in total. The molecule has 0 saturated heterocycles. The van der Waals surface area contributed by atoms with Crippen molar-refractivity contribution in [3.8, 4) is 0 Å². The molecule has 1 aromatic heterocycles. The number of rotatable bonds is 2. The van der Waals surface area contributed by atoms with Gasteiger partial charge in [-0.3, -0.25) is 10.2 Å². The minimum atomic E-state index is -0.580. The van der Waals surface area contributed by atoms with Gasteiger partial charge in [0.05, 0.1) is 15.9 Å². The molecule has 31 heavy (non-hydrogen) atoms. The lowest BCUT2D eigenvalue weighted by Gasteiger charge is -2.33. The first-order valence-electron chi connectivity index (χ1n) is 10.4. The summed E-state index contributed by atoms with van der Waals surface area (Å²) in [6, 6.07) is 5.86. The number of fused-ring (bicyclic) bond motifs is 1. The molecule has 3 rings (SSSR count). The van der Waals surface area contributed by atoms with E-state index in [2.05, 4.69) is 23.3 Å². The summed E-state index contributed by atoms with van der Waals surface area (Å²) >= 11 is 1.37. The van der Waals surface area contributed by atoms with Crippen LogP contribution in [0, 0.1) is 5.92 Å². The van der Waals surface area contributed by atoms with Crippen LogP contribution >= 0.6 is 11.3 Å². The molecule has 0 aliphatic carbocycles. The van der Waals surface area contributed by atoms with Crippen molar-refractivity contribution in [2.24, 2.45) is 5.92 Å². The zero-order valence-corrected chi connectivity index (χ0v) is 20.1. The number of amides is 2. The topological polar surface area (TPSA) is 80.8 Å². The summed E-state index contributed by atoms with van der Waals surface area (Å²) < 4.78 is 11.9. The fourth-order valence-corrected chi connectivity index (χ4v) is 4.03. The monoisotopic (exact) mass is 445 g/mol. The van der Waals surface area contributed by atoms with Crippen LogP contribution in [0.5, 0.6) is 0 Å².